The van der Waals surface area contributed by atoms with E-state index in [4.69, 9.17) is 9.26 Å². The van der Waals surface area contributed by atoms with Crippen LogP contribution in [0.4, 0.5) is 13.2 Å². The standard InChI is InChI=1S/C29H28F3N3O17P4/c30-29(31,32)20-9-4-7-18(13-20)22-14-35-24(33-22)11-12-34(28(35)38)27-26(37)25(36)23(49-27)16-48-54(41,42)51-56(45,46)52-55(43,44)50-53(39,40)47-15-19-8-3-6-17-5-1-2-10-21(17)19/h1-14,23,25-27,36-37H,15-16H2,(H,39,40)(H,41,42)(H,43,44)(H,45,46)/t23-,25?,26?,27-/m1/s1. The van der Waals surface area contributed by atoms with Crippen LogP contribution < -0.4 is 5.69 Å². The van der Waals surface area contributed by atoms with Gasteiger partial charge in [-0.05, 0) is 34.5 Å². The molecule has 0 spiro atoms. The summed E-state index contributed by atoms with van der Waals surface area (Å²) in [6, 6.07) is 17.0. The van der Waals surface area contributed by atoms with Crippen molar-refractivity contribution in [3.05, 3.63) is 107 Å². The number of hydrogen-bond donors (Lipinski definition) is 6. The van der Waals surface area contributed by atoms with Crippen molar-refractivity contribution in [2.24, 2.45) is 0 Å². The van der Waals surface area contributed by atoms with Crippen LogP contribution >= 0.6 is 31.3 Å². The molecule has 1 fully saturated rings. The first-order chi connectivity index (χ1) is 26.0. The van der Waals surface area contributed by atoms with Crippen molar-refractivity contribution in [3.63, 3.8) is 0 Å². The summed E-state index contributed by atoms with van der Waals surface area (Å²) in [6.45, 7) is -1.85. The zero-order chi connectivity index (χ0) is 40.8. The molecule has 1 saturated heterocycles. The Morgan fingerprint density at radius 2 is 1.41 bits per heavy atom. The van der Waals surface area contributed by atoms with E-state index >= 15 is 0 Å². The van der Waals surface area contributed by atoms with Gasteiger partial charge in [0, 0.05) is 18.0 Å². The lowest BCUT2D eigenvalue weighted by atomic mass is 10.1. The Morgan fingerprint density at radius 1 is 0.786 bits per heavy atom. The Labute approximate surface area is 311 Å². The number of aliphatic hydroxyl groups is 2. The number of alkyl halides is 3. The molecular weight excluding hydrogens is 843 g/mol. The molecule has 0 saturated carbocycles. The van der Waals surface area contributed by atoms with Crippen molar-refractivity contribution in [3.8, 4) is 11.3 Å². The zero-order valence-electron chi connectivity index (χ0n) is 27.7. The van der Waals surface area contributed by atoms with E-state index in [9.17, 15) is 66.0 Å². The maximum absolute atomic E-state index is 13.3. The summed E-state index contributed by atoms with van der Waals surface area (Å²) in [4.78, 5) is 57.2. The fourth-order valence-electron chi connectivity index (χ4n) is 5.49. The van der Waals surface area contributed by atoms with Crippen molar-refractivity contribution in [1.82, 2.24) is 14.0 Å². The lowest BCUT2D eigenvalue weighted by Gasteiger charge is -2.21. The molecule has 8 atom stereocenters. The van der Waals surface area contributed by atoms with Crippen LogP contribution in [0.2, 0.25) is 0 Å². The molecule has 3 aromatic carbocycles. The SMILES string of the molecule is O=c1n([C@@H]2O[C@H](COP(=O)(O)OP(=O)(O)OP(=O)(O)OP(=O)(O)OCc3cccc4ccccc34)C(O)C2O)ccc2nc(-c3cccc(C(F)(F)F)c3)cn12. The molecule has 3 heterocycles. The average Bonchev–Trinajstić information content (AvgIpc) is 3.66. The van der Waals surface area contributed by atoms with Gasteiger partial charge in [0.15, 0.2) is 6.23 Å². The number of phosphoric acid groups is 4. The summed E-state index contributed by atoms with van der Waals surface area (Å²) >= 11 is 0. The molecule has 6 N–H and O–H groups in total. The van der Waals surface area contributed by atoms with Crippen LogP contribution in [0.1, 0.15) is 17.4 Å². The quantitative estimate of drug-likeness (QED) is 0.0829. The zero-order valence-corrected chi connectivity index (χ0v) is 31.3. The number of aromatic nitrogens is 3. The minimum Gasteiger partial charge on any atom is -0.387 e. The van der Waals surface area contributed by atoms with Gasteiger partial charge < -0.3 is 34.5 Å². The highest BCUT2D eigenvalue weighted by Gasteiger charge is 2.48. The molecule has 5 aromatic rings. The number of imidazole rings is 1. The van der Waals surface area contributed by atoms with Crippen molar-refractivity contribution >= 4 is 47.7 Å². The van der Waals surface area contributed by atoms with Gasteiger partial charge in [-0.2, -0.15) is 26.1 Å². The average molecular weight is 871 g/mol. The van der Waals surface area contributed by atoms with Gasteiger partial charge in [0.05, 0.1) is 24.5 Å². The molecule has 20 nitrogen and oxygen atoms in total. The molecule has 1 aliphatic heterocycles. The van der Waals surface area contributed by atoms with Crippen molar-refractivity contribution in [2.75, 3.05) is 6.61 Å². The van der Waals surface area contributed by atoms with Crippen LogP contribution in [0.5, 0.6) is 0 Å². The second-order valence-corrected chi connectivity index (χ2v) is 18.0. The van der Waals surface area contributed by atoms with E-state index in [1.165, 1.54) is 18.2 Å². The summed E-state index contributed by atoms with van der Waals surface area (Å²) in [7, 11) is -23.6. The molecule has 302 valence electrons. The third kappa shape index (κ3) is 9.81. The van der Waals surface area contributed by atoms with E-state index in [0.717, 1.165) is 44.9 Å². The minimum absolute atomic E-state index is 0.0197. The molecule has 2 aromatic heterocycles. The van der Waals surface area contributed by atoms with E-state index in [-0.39, 0.29) is 16.9 Å². The summed E-state index contributed by atoms with van der Waals surface area (Å²) < 4.78 is 117. The van der Waals surface area contributed by atoms with Gasteiger partial charge in [-0.3, -0.25) is 18.0 Å². The fraction of sp³-hybridized carbons (Fsp3) is 0.241. The number of aliphatic hydroxyl groups excluding tert-OH is 2. The van der Waals surface area contributed by atoms with E-state index in [1.807, 2.05) is 0 Å². The van der Waals surface area contributed by atoms with Crippen molar-refractivity contribution in [1.29, 1.82) is 0 Å². The summed E-state index contributed by atoms with van der Waals surface area (Å²) in [5.41, 5.74) is -1.59. The number of benzene rings is 3. The highest BCUT2D eigenvalue weighted by Crippen LogP contribution is 2.71. The third-order valence-corrected chi connectivity index (χ3v) is 13.8. The van der Waals surface area contributed by atoms with Crippen LogP contribution in [0.15, 0.2) is 90.0 Å². The van der Waals surface area contributed by atoms with Crippen LogP contribution in [0, 0.1) is 0 Å². The molecule has 6 unspecified atom stereocenters. The number of halogens is 3. The molecule has 1 aliphatic rings. The van der Waals surface area contributed by atoms with Gasteiger partial charge in [0.2, 0.25) is 0 Å². The predicted octanol–water partition coefficient (Wildman–Crippen LogP) is 4.64. The number of nitrogens with zero attached hydrogens (tertiary/aromatic N) is 3. The van der Waals surface area contributed by atoms with Gasteiger partial charge >= 0.3 is 43.2 Å². The smallest absolute Gasteiger partial charge is 0.387 e. The van der Waals surface area contributed by atoms with E-state index in [2.05, 4.69) is 22.4 Å². The molecule has 56 heavy (non-hydrogen) atoms. The summed E-state index contributed by atoms with van der Waals surface area (Å²) in [6.07, 6.45) is -9.81. The maximum atomic E-state index is 13.3. The van der Waals surface area contributed by atoms with Crippen LogP contribution in [-0.4, -0.2) is 68.7 Å². The van der Waals surface area contributed by atoms with E-state index < -0.39 is 86.5 Å². The predicted molar refractivity (Wildman–Crippen MR) is 183 cm³/mol. The topological polar surface area (TPSA) is 284 Å². The second-order valence-electron chi connectivity index (χ2n) is 11.8. The lowest BCUT2D eigenvalue weighted by Crippen LogP contribution is -2.36. The summed E-state index contributed by atoms with van der Waals surface area (Å²) in [5, 5.41) is 22.5. The Balaban J connectivity index is 1.07. The first-order valence-corrected chi connectivity index (χ1v) is 21.5. The molecule has 0 aliphatic carbocycles. The third-order valence-electron chi connectivity index (χ3n) is 7.93. The highest BCUT2D eigenvalue weighted by atomic mass is 31.3. The number of fused-ring (bicyclic) bond motifs is 2. The van der Waals surface area contributed by atoms with Gasteiger partial charge in [-0.15, -0.1) is 0 Å². The van der Waals surface area contributed by atoms with Gasteiger partial charge in [0.1, 0.15) is 24.0 Å². The molecule has 27 heteroatoms. The van der Waals surface area contributed by atoms with Crippen LogP contribution in [0.25, 0.3) is 27.7 Å². The second kappa shape index (κ2) is 15.7. The van der Waals surface area contributed by atoms with Crippen LogP contribution in [-0.2, 0) is 57.8 Å². The van der Waals surface area contributed by atoms with Gasteiger partial charge in [-0.25, -0.2) is 28.0 Å². The molecular formula is C29H28F3N3O17P4. The van der Waals surface area contributed by atoms with Crippen molar-refractivity contribution in [2.45, 2.75) is 37.3 Å². The molecule has 0 amide bonds. The number of hydrogen-bond acceptors (Lipinski definition) is 14. The minimum atomic E-state index is -6.17. The molecule has 6 rings (SSSR count). The largest absolute Gasteiger partial charge is 0.490 e. The lowest BCUT2D eigenvalue weighted by molar-refractivity contribution is -0.137. The van der Waals surface area contributed by atoms with Crippen LogP contribution in [0.3, 0.4) is 0 Å². The number of rotatable bonds is 14. The van der Waals surface area contributed by atoms with E-state index in [0.29, 0.717) is 10.9 Å². The molecule has 0 radical (unpaired) electrons. The monoisotopic (exact) mass is 871 g/mol. The van der Waals surface area contributed by atoms with Gasteiger partial charge in [-0.1, -0.05) is 54.6 Å². The Hall–Kier alpha value is -3.43. The van der Waals surface area contributed by atoms with E-state index in [1.54, 1.807) is 36.4 Å². The number of ether oxygens (including phenoxy) is 1. The molecule has 0 bridgehead atoms. The van der Waals surface area contributed by atoms with Crippen molar-refractivity contribution < 1.29 is 87.9 Å². The number of phosphoric ester groups is 2. The van der Waals surface area contributed by atoms with Gasteiger partial charge in [0.25, 0.3) is 0 Å². The summed E-state index contributed by atoms with van der Waals surface area (Å²) in [5.74, 6) is 0. The maximum Gasteiger partial charge on any atom is 0.490 e. The Morgan fingerprint density at radius 3 is 2.11 bits per heavy atom. The normalized spacial score (nSPS) is 23.4. The Kier molecular flexibility index (Phi) is 11.8. The highest BCUT2D eigenvalue weighted by molar-refractivity contribution is 7.69. The Bertz CT molecular complexity index is 2530. The first kappa shape index (κ1) is 42.2. The first-order valence-electron chi connectivity index (χ1n) is 15.5. The fourth-order valence-corrected chi connectivity index (χ4v) is 10.4.